The van der Waals surface area contributed by atoms with Crippen LogP contribution >= 0.6 is 0 Å². The van der Waals surface area contributed by atoms with Gasteiger partial charge in [-0.2, -0.15) is 0 Å². The van der Waals surface area contributed by atoms with E-state index in [1.165, 1.54) is 0 Å². The SMILES string of the molecule is Oc1cccc2c(Cc3cccc4c(O)cccc34)cccc12. The zero-order chi connectivity index (χ0) is 15.8. The zero-order valence-electron chi connectivity index (χ0n) is 12.5. The maximum Gasteiger partial charge on any atom is 0.123 e. The summed E-state index contributed by atoms with van der Waals surface area (Å²) in [6, 6.07) is 23.2. The smallest absolute Gasteiger partial charge is 0.123 e. The number of rotatable bonds is 2. The molecule has 0 aliphatic rings. The fraction of sp³-hybridized carbons (Fsp3) is 0.0476. The lowest BCUT2D eigenvalue weighted by Crippen LogP contribution is -1.92. The third-order valence-electron chi connectivity index (χ3n) is 4.36. The van der Waals surface area contributed by atoms with Crippen LogP contribution in [-0.2, 0) is 6.42 Å². The average Bonchev–Trinajstić information content (AvgIpc) is 2.57. The Morgan fingerprint density at radius 3 is 1.35 bits per heavy atom. The molecule has 0 spiro atoms. The van der Waals surface area contributed by atoms with E-state index in [0.717, 1.165) is 39.1 Å². The van der Waals surface area contributed by atoms with Crippen molar-refractivity contribution < 1.29 is 10.2 Å². The Balaban J connectivity index is 1.89. The van der Waals surface area contributed by atoms with Crippen molar-refractivity contribution in [3.05, 3.63) is 83.9 Å². The Bertz CT molecular complexity index is 935. The fourth-order valence-corrected chi connectivity index (χ4v) is 3.23. The summed E-state index contributed by atoms with van der Waals surface area (Å²) in [6.07, 6.45) is 0.752. The van der Waals surface area contributed by atoms with Crippen molar-refractivity contribution in [2.45, 2.75) is 6.42 Å². The van der Waals surface area contributed by atoms with E-state index in [1.54, 1.807) is 12.1 Å². The molecule has 0 saturated carbocycles. The molecule has 0 fully saturated rings. The molecule has 0 bridgehead atoms. The van der Waals surface area contributed by atoms with Gasteiger partial charge in [0.15, 0.2) is 0 Å². The number of benzene rings is 4. The largest absolute Gasteiger partial charge is 0.507 e. The van der Waals surface area contributed by atoms with Crippen molar-refractivity contribution >= 4 is 21.5 Å². The number of phenolic OH excluding ortho intramolecular Hbond substituents is 2. The Morgan fingerprint density at radius 1 is 0.478 bits per heavy atom. The third-order valence-corrected chi connectivity index (χ3v) is 4.36. The Hall–Kier alpha value is -3.00. The highest BCUT2D eigenvalue weighted by Crippen LogP contribution is 2.31. The molecule has 0 aromatic heterocycles. The van der Waals surface area contributed by atoms with Crippen LogP contribution in [0.4, 0.5) is 0 Å². The highest BCUT2D eigenvalue weighted by molar-refractivity contribution is 5.93. The minimum Gasteiger partial charge on any atom is -0.507 e. The molecular formula is C21H16O2. The van der Waals surface area contributed by atoms with Crippen molar-refractivity contribution in [3.8, 4) is 11.5 Å². The second-order valence-corrected chi connectivity index (χ2v) is 5.76. The molecular weight excluding hydrogens is 284 g/mol. The molecule has 4 aromatic rings. The van der Waals surface area contributed by atoms with Crippen LogP contribution in [0.1, 0.15) is 11.1 Å². The molecule has 0 amide bonds. The van der Waals surface area contributed by atoms with Crippen LogP contribution in [0.3, 0.4) is 0 Å². The van der Waals surface area contributed by atoms with Crippen LogP contribution in [0.5, 0.6) is 11.5 Å². The Labute approximate surface area is 134 Å². The van der Waals surface area contributed by atoms with E-state index >= 15 is 0 Å². The highest BCUT2D eigenvalue weighted by atomic mass is 16.3. The molecule has 0 unspecified atom stereocenters. The second-order valence-electron chi connectivity index (χ2n) is 5.76. The van der Waals surface area contributed by atoms with Crippen LogP contribution in [0, 0.1) is 0 Å². The third kappa shape index (κ3) is 2.29. The predicted molar refractivity (Wildman–Crippen MR) is 94.0 cm³/mol. The summed E-state index contributed by atoms with van der Waals surface area (Å²) in [5.41, 5.74) is 2.32. The summed E-state index contributed by atoms with van der Waals surface area (Å²) in [6.45, 7) is 0. The van der Waals surface area contributed by atoms with Crippen molar-refractivity contribution in [1.82, 2.24) is 0 Å². The van der Waals surface area contributed by atoms with Gasteiger partial charge >= 0.3 is 0 Å². The molecule has 0 atom stereocenters. The second kappa shape index (κ2) is 5.33. The van der Waals surface area contributed by atoms with Crippen LogP contribution in [0.25, 0.3) is 21.5 Å². The first-order valence-electron chi connectivity index (χ1n) is 7.63. The summed E-state index contributed by atoms with van der Waals surface area (Å²) in [7, 11) is 0. The van der Waals surface area contributed by atoms with Gasteiger partial charge in [0.1, 0.15) is 11.5 Å². The number of hydrogen-bond donors (Lipinski definition) is 2. The summed E-state index contributed by atoms with van der Waals surface area (Å²) in [5, 5.41) is 23.9. The van der Waals surface area contributed by atoms with Gasteiger partial charge in [-0.15, -0.1) is 0 Å². The van der Waals surface area contributed by atoms with Gasteiger partial charge in [0.2, 0.25) is 0 Å². The van der Waals surface area contributed by atoms with E-state index in [1.807, 2.05) is 48.5 Å². The van der Waals surface area contributed by atoms with Crippen LogP contribution in [0.2, 0.25) is 0 Å². The van der Waals surface area contributed by atoms with Crippen molar-refractivity contribution in [1.29, 1.82) is 0 Å². The van der Waals surface area contributed by atoms with Gasteiger partial charge in [0.25, 0.3) is 0 Å². The van der Waals surface area contributed by atoms with Gasteiger partial charge in [0, 0.05) is 10.8 Å². The van der Waals surface area contributed by atoms with Crippen LogP contribution < -0.4 is 0 Å². The average molecular weight is 300 g/mol. The zero-order valence-corrected chi connectivity index (χ0v) is 12.5. The summed E-state index contributed by atoms with van der Waals surface area (Å²) in [4.78, 5) is 0. The molecule has 0 heterocycles. The van der Waals surface area contributed by atoms with Crippen LogP contribution in [-0.4, -0.2) is 10.2 Å². The summed E-state index contributed by atoms with van der Waals surface area (Å²) >= 11 is 0. The number of fused-ring (bicyclic) bond motifs is 2. The maximum absolute atomic E-state index is 10.0. The van der Waals surface area contributed by atoms with Gasteiger partial charge in [-0.3, -0.25) is 0 Å². The van der Waals surface area contributed by atoms with E-state index in [4.69, 9.17) is 0 Å². The highest BCUT2D eigenvalue weighted by Gasteiger charge is 2.08. The van der Waals surface area contributed by atoms with Gasteiger partial charge in [-0.1, -0.05) is 60.7 Å². The lowest BCUT2D eigenvalue weighted by Gasteiger charge is -2.11. The molecule has 2 heteroatoms. The van der Waals surface area contributed by atoms with E-state index in [-0.39, 0.29) is 0 Å². The molecule has 4 rings (SSSR count). The van der Waals surface area contributed by atoms with Crippen molar-refractivity contribution in [2.24, 2.45) is 0 Å². The number of hydrogen-bond acceptors (Lipinski definition) is 2. The number of phenols is 2. The summed E-state index contributed by atoms with van der Waals surface area (Å²) in [5.74, 6) is 0.611. The van der Waals surface area contributed by atoms with Crippen molar-refractivity contribution in [2.75, 3.05) is 0 Å². The molecule has 0 radical (unpaired) electrons. The lowest BCUT2D eigenvalue weighted by atomic mass is 9.94. The first-order chi connectivity index (χ1) is 11.2. The minimum absolute atomic E-state index is 0.305. The molecule has 0 saturated heterocycles. The first kappa shape index (κ1) is 13.6. The normalized spacial score (nSPS) is 11.1. The maximum atomic E-state index is 10.0. The van der Waals surface area contributed by atoms with Gasteiger partial charge in [-0.05, 0) is 40.5 Å². The number of aromatic hydroxyl groups is 2. The molecule has 0 aliphatic carbocycles. The van der Waals surface area contributed by atoms with Gasteiger partial charge < -0.3 is 10.2 Å². The quantitative estimate of drug-likeness (QED) is 0.547. The molecule has 2 nitrogen and oxygen atoms in total. The molecule has 0 aliphatic heterocycles. The van der Waals surface area contributed by atoms with Gasteiger partial charge in [0.05, 0.1) is 0 Å². The van der Waals surface area contributed by atoms with Crippen molar-refractivity contribution in [3.63, 3.8) is 0 Å². The fourth-order valence-electron chi connectivity index (χ4n) is 3.23. The first-order valence-corrected chi connectivity index (χ1v) is 7.63. The standard InChI is InChI=1S/C21H16O2/c22-20-11-3-7-16-14(5-1-9-18(16)20)13-15-6-2-10-19-17(15)8-4-12-21(19)23/h1-12,22-23H,13H2. The minimum atomic E-state index is 0.305. The Morgan fingerprint density at radius 2 is 0.870 bits per heavy atom. The predicted octanol–water partition coefficient (Wildman–Crippen LogP) is 5.00. The Kier molecular flexibility index (Phi) is 3.16. The lowest BCUT2D eigenvalue weighted by molar-refractivity contribution is 0.481. The molecule has 112 valence electrons. The van der Waals surface area contributed by atoms with E-state index < -0.39 is 0 Å². The van der Waals surface area contributed by atoms with E-state index in [0.29, 0.717) is 11.5 Å². The molecule has 2 N–H and O–H groups in total. The monoisotopic (exact) mass is 300 g/mol. The van der Waals surface area contributed by atoms with E-state index in [9.17, 15) is 10.2 Å². The van der Waals surface area contributed by atoms with E-state index in [2.05, 4.69) is 12.1 Å². The van der Waals surface area contributed by atoms with Gasteiger partial charge in [-0.25, -0.2) is 0 Å². The molecule has 23 heavy (non-hydrogen) atoms. The van der Waals surface area contributed by atoms with Crippen LogP contribution in [0.15, 0.2) is 72.8 Å². The summed E-state index contributed by atoms with van der Waals surface area (Å²) < 4.78 is 0. The topological polar surface area (TPSA) is 40.5 Å². The molecule has 4 aromatic carbocycles.